The van der Waals surface area contributed by atoms with Crippen LogP contribution in [0.25, 0.3) is 0 Å². The molecule has 0 atom stereocenters. The van der Waals surface area contributed by atoms with Crippen molar-refractivity contribution in [3.8, 4) is 5.75 Å². The monoisotopic (exact) mass is 270 g/mol. The molecule has 0 amide bonds. The van der Waals surface area contributed by atoms with Gasteiger partial charge in [-0.1, -0.05) is 23.9 Å². The van der Waals surface area contributed by atoms with E-state index in [1.807, 2.05) is 13.0 Å². The van der Waals surface area contributed by atoms with Crippen LogP contribution in [-0.2, 0) is 4.74 Å². The molecule has 0 spiro atoms. The summed E-state index contributed by atoms with van der Waals surface area (Å²) in [5, 5.41) is 0. The smallest absolute Gasteiger partial charge is 0.220 e. The maximum Gasteiger partial charge on any atom is 0.220 e. The predicted molar refractivity (Wildman–Crippen MR) is 74.0 cm³/mol. The lowest BCUT2D eigenvalue weighted by Crippen LogP contribution is -2.07. The Morgan fingerprint density at radius 2 is 2.12 bits per heavy atom. The second-order valence-electron chi connectivity index (χ2n) is 3.10. The van der Waals surface area contributed by atoms with Gasteiger partial charge in [0.05, 0.1) is 25.0 Å². The fraction of sp³-hybridized carbons (Fsp3) is 0.333. The maximum absolute atomic E-state index is 11.9. The Morgan fingerprint density at radius 1 is 1.41 bits per heavy atom. The first-order valence-corrected chi connectivity index (χ1v) is 6.54. The number of thiocarbonyl (C=S) groups is 1. The highest BCUT2D eigenvalue weighted by molar-refractivity contribution is 8.23. The zero-order valence-electron chi connectivity index (χ0n) is 9.76. The molecule has 1 aromatic carbocycles. The number of Topliss-reactive ketones (excluding diaryl/α,β-unsaturated/α-hetero) is 1. The third kappa shape index (κ3) is 4.36. The Hall–Kier alpha value is -1.07. The summed E-state index contributed by atoms with van der Waals surface area (Å²) in [6, 6.07) is 7.14. The van der Waals surface area contributed by atoms with Crippen LogP contribution in [0.2, 0.25) is 0 Å². The molecule has 0 saturated carbocycles. The fourth-order valence-corrected chi connectivity index (χ4v) is 2.14. The lowest BCUT2D eigenvalue weighted by molar-refractivity contribution is 0.101. The van der Waals surface area contributed by atoms with Gasteiger partial charge in [-0.05, 0) is 31.3 Å². The number of hydrogen-bond acceptors (Lipinski definition) is 5. The van der Waals surface area contributed by atoms with Crippen LogP contribution in [0.4, 0.5) is 0 Å². The highest BCUT2D eigenvalue weighted by Gasteiger charge is 2.12. The summed E-state index contributed by atoms with van der Waals surface area (Å²) < 4.78 is 10.6. The average molecular weight is 270 g/mol. The van der Waals surface area contributed by atoms with Crippen molar-refractivity contribution >= 4 is 34.1 Å². The fourth-order valence-electron chi connectivity index (χ4n) is 1.24. The SMILES string of the molecule is CCOC(=S)SCC(=O)c1ccccc1OC. The number of carbonyl (C=O) groups excluding carboxylic acids is 1. The summed E-state index contributed by atoms with van der Waals surface area (Å²) in [4.78, 5) is 11.9. The molecule has 0 aliphatic carbocycles. The average Bonchev–Trinajstić information content (AvgIpc) is 2.36. The molecule has 0 aliphatic rings. The van der Waals surface area contributed by atoms with Gasteiger partial charge in [0.1, 0.15) is 5.75 Å². The van der Waals surface area contributed by atoms with Gasteiger partial charge >= 0.3 is 0 Å². The van der Waals surface area contributed by atoms with E-state index in [1.165, 1.54) is 11.8 Å². The normalized spacial score (nSPS) is 9.76. The van der Waals surface area contributed by atoms with Crippen molar-refractivity contribution in [2.24, 2.45) is 0 Å². The Labute approximate surface area is 110 Å². The van der Waals surface area contributed by atoms with Crippen LogP contribution in [0, 0.1) is 0 Å². The third-order valence-corrected chi connectivity index (χ3v) is 3.22. The maximum atomic E-state index is 11.9. The van der Waals surface area contributed by atoms with E-state index in [4.69, 9.17) is 21.7 Å². The van der Waals surface area contributed by atoms with Crippen LogP contribution in [0.1, 0.15) is 17.3 Å². The largest absolute Gasteiger partial charge is 0.496 e. The van der Waals surface area contributed by atoms with Gasteiger partial charge in [0, 0.05) is 0 Å². The molecular formula is C12H14O3S2. The van der Waals surface area contributed by atoms with Crippen molar-refractivity contribution in [2.75, 3.05) is 19.5 Å². The summed E-state index contributed by atoms with van der Waals surface area (Å²) >= 11 is 6.17. The highest BCUT2D eigenvalue weighted by Crippen LogP contribution is 2.20. The van der Waals surface area contributed by atoms with Gasteiger partial charge in [0.25, 0.3) is 0 Å². The molecule has 0 N–H and O–H groups in total. The number of rotatable bonds is 5. The Kier molecular flexibility index (Phi) is 6.00. The van der Waals surface area contributed by atoms with Crippen molar-refractivity contribution in [3.05, 3.63) is 29.8 Å². The Balaban J connectivity index is 2.61. The standard InChI is InChI=1S/C12H14O3S2/c1-3-15-12(16)17-8-10(13)9-6-4-5-7-11(9)14-2/h4-7H,3,8H2,1-2H3. The molecular weight excluding hydrogens is 256 g/mol. The molecule has 92 valence electrons. The number of methoxy groups -OCH3 is 1. The van der Waals surface area contributed by atoms with Gasteiger partial charge in [-0.2, -0.15) is 0 Å². The van der Waals surface area contributed by atoms with Crippen LogP contribution in [0.5, 0.6) is 5.75 Å². The minimum atomic E-state index is -0.0190. The zero-order valence-corrected chi connectivity index (χ0v) is 11.4. The van der Waals surface area contributed by atoms with Crippen molar-refractivity contribution in [3.63, 3.8) is 0 Å². The first kappa shape index (κ1) is 14.0. The number of para-hydroxylation sites is 1. The van der Waals surface area contributed by atoms with Gasteiger partial charge in [-0.25, -0.2) is 0 Å². The molecule has 0 saturated heterocycles. The molecule has 0 aromatic heterocycles. The highest BCUT2D eigenvalue weighted by atomic mass is 32.2. The van der Waals surface area contributed by atoms with E-state index in [1.54, 1.807) is 25.3 Å². The number of thioether (sulfide) groups is 1. The second-order valence-corrected chi connectivity index (χ2v) is 4.67. The van der Waals surface area contributed by atoms with Gasteiger partial charge in [-0.3, -0.25) is 4.79 Å². The minimum Gasteiger partial charge on any atom is -0.496 e. The lowest BCUT2D eigenvalue weighted by Gasteiger charge is -2.07. The summed E-state index contributed by atoms with van der Waals surface area (Å²) in [5.41, 5.74) is 0.571. The number of ether oxygens (including phenoxy) is 2. The van der Waals surface area contributed by atoms with Gasteiger partial charge in [-0.15, -0.1) is 0 Å². The van der Waals surface area contributed by atoms with Crippen LogP contribution in [0.15, 0.2) is 24.3 Å². The van der Waals surface area contributed by atoms with E-state index in [0.29, 0.717) is 22.3 Å². The van der Waals surface area contributed by atoms with Gasteiger partial charge in [0.15, 0.2) is 5.78 Å². The van der Waals surface area contributed by atoms with Crippen molar-refractivity contribution < 1.29 is 14.3 Å². The van der Waals surface area contributed by atoms with E-state index < -0.39 is 0 Å². The molecule has 0 radical (unpaired) electrons. The minimum absolute atomic E-state index is 0.0190. The van der Waals surface area contributed by atoms with E-state index in [0.717, 1.165) is 0 Å². The molecule has 5 heteroatoms. The topological polar surface area (TPSA) is 35.5 Å². The zero-order chi connectivity index (χ0) is 12.7. The number of benzene rings is 1. The lowest BCUT2D eigenvalue weighted by atomic mass is 10.1. The second kappa shape index (κ2) is 7.29. The molecule has 0 unspecified atom stereocenters. The summed E-state index contributed by atoms with van der Waals surface area (Å²) in [5.74, 6) is 0.828. The van der Waals surface area contributed by atoms with Crippen LogP contribution in [-0.4, -0.2) is 29.6 Å². The molecule has 0 bridgehead atoms. The van der Waals surface area contributed by atoms with Crippen molar-refractivity contribution in [2.45, 2.75) is 6.92 Å². The van der Waals surface area contributed by atoms with Gasteiger partial charge in [0.2, 0.25) is 4.38 Å². The quantitative estimate of drug-likeness (QED) is 0.607. The van der Waals surface area contributed by atoms with Crippen LogP contribution < -0.4 is 4.74 Å². The summed E-state index contributed by atoms with van der Waals surface area (Å²) in [6.07, 6.45) is 0. The number of hydrogen-bond donors (Lipinski definition) is 0. The molecule has 0 aliphatic heterocycles. The number of ketones is 1. The van der Waals surface area contributed by atoms with Crippen LogP contribution in [0.3, 0.4) is 0 Å². The summed E-state index contributed by atoms with van der Waals surface area (Å²) in [6.45, 7) is 2.38. The molecule has 0 fully saturated rings. The molecule has 3 nitrogen and oxygen atoms in total. The van der Waals surface area contributed by atoms with E-state index in [2.05, 4.69) is 0 Å². The van der Waals surface area contributed by atoms with E-state index in [-0.39, 0.29) is 11.5 Å². The van der Waals surface area contributed by atoms with Gasteiger partial charge < -0.3 is 9.47 Å². The van der Waals surface area contributed by atoms with E-state index in [9.17, 15) is 4.79 Å². The van der Waals surface area contributed by atoms with Crippen molar-refractivity contribution in [1.82, 2.24) is 0 Å². The van der Waals surface area contributed by atoms with Crippen LogP contribution >= 0.6 is 24.0 Å². The molecule has 1 aromatic rings. The summed E-state index contributed by atoms with van der Waals surface area (Å²) in [7, 11) is 1.55. The third-order valence-electron chi connectivity index (χ3n) is 1.99. The van der Waals surface area contributed by atoms with Crippen molar-refractivity contribution in [1.29, 1.82) is 0 Å². The first-order valence-electron chi connectivity index (χ1n) is 5.14. The van der Waals surface area contributed by atoms with E-state index >= 15 is 0 Å². The Morgan fingerprint density at radius 3 is 2.76 bits per heavy atom. The predicted octanol–water partition coefficient (Wildman–Crippen LogP) is 2.93. The Bertz CT molecular complexity index is 404. The number of carbonyl (C=O) groups is 1. The first-order chi connectivity index (χ1) is 8.19. The molecule has 0 heterocycles. The molecule has 17 heavy (non-hydrogen) atoms. The molecule has 1 rings (SSSR count).